The molecule has 1 saturated heterocycles. The molecule has 1 aromatic heterocycles. The molecule has 3 rings (SSSR count). The van der Waals surface area contributed by atoms with E-state index in [1.165, 1.54) is 5.56 Å². The highest BCUT2D eigenvalue weighted by molar-refractivity contribution is 5.81. The van der Waals surface area contributed by atoms with E-state index >= 15 is 0 Å². The van der Waals surface area contributed by atoms with Crippen LogP contribution in [0, 0.1) is 5.92 Å². The van der Waals surface area contributed by atoms with Crippen LogP contribution < -0.4 is 0 Å². The molecule has 0 aliphatic carbocycles. The fourth-order valence-corrected chi connectivity index (χ4v) is 3.72. The van der Waals surface area contributed by atoms with Gasteiger partial charge in [0.1, 0.15) is 0 Å². The Kier molecular flexibility index (Phi) is 5.46. The third kappa shape index (κ3) is 3.89. The minimum absolute atomic E-state index is 0.248. The first-order valence-electron chi connectivity index (χ1n) is 8.66. The van der Waals surface area contributed by atoms with Crippen molar-refractivity contribution >= 4 is 5.91 Å². The summed E-state index contributed by atoms with van der Waals surface area (Å²) >= 11 is 0. The Morgan fingerprint density at radius 1 is 1.32 bits per heavy atom. The van der Waals surface area contributed by atoms with Crippen LogP contribution in [0.3, 0.4) is 0 Å². The number of aromatic nitrogens is 1. The van der Waals surface area contributed by atoms with Crippen molar-refractivity contribution in [3.8, 4) is 0 Å². The van der Waals surface area contributed by atoms with Crippen LogP contribution in [0.2, 0.25) is 0 Å². The molecule has 0 bridgehead atoms. The van der Waals surface area contributed by atoms with Gasteiger partial charge in [0.2, 0.25) is 0 Å². The molecule has 2 aromatic rings. The number of nitrogens with zero attached hydrogens (tertiary/aromatic N) is 3. The normalized spacial score (nSPS) is 21.9. The molecule has 0 saturated carbocycles. The van der Waals surface area contributed by atoms with E-state index in [0.717, 1.165) is 13.0 Å². The number of hydrogen-bond acceptors (Lipinski definition) is 4. The highest BCUT2D eigenvalue weighted by Crippen LogP contribution is 2.36. The van der Waals surface area contributed by atoms with Gasteiger partial charge in [0.05, 0.1) is 0 Å². The predicted molar refractivity (Wildman–Crippen MR) is 96.8 cm³/mol. The highest BCUT2D eigenvalue weighted by Gasteiger charge is 2.35. The number of amides is 1. The molecular formula is C20H25N3O2. The number of carbonyl (C=O) groups is 1. The van der Waals surface area contributed by atoms with E-state index in [4.69, 9.17) is 0 Å². The third-order valence-electron chi connectivity index (χ3n) is 5.03. The number of likely N-dealkylation sites (tertiary alicyclic amines) is 1. The lowest BCUT2D eigenvalue weighted by Gasteiger charge is -2.29. The Hall–Kier alpha value is -2.24. The monoisotopic (exact) mass is 339 g/mol. The van der Waals surface area contributed by atoms with Gasteiger partial charge in [-0.15, -0.1) is 0 Å². The van der Waals surface area contributed by atoms with Crippen molar-refractivity contribution in [3.63, 3.8) is 0 Å². The molecule has 0 unspecified atom stereocenters. The summed E-state index contributed by atoms with van der Waals surface area (Å²) in [6.07, 6.45) is 3.59. The van der Waals surface area contributed by atoms with Gasteiger partial charge in [0.15, 0.2) is 6.10 Å². The third-order valence-corrected chi connectivity index (χ3v) is 5.03. The van der Waals surface area contributed by atoms with Crippen LogP contribution in [0.5, 0.6) is 0 Å². The van der Waals surface area contributed by atoms with Crippen LogP contribution in [-0.2, 0) is 4.79 Å². The van der Waals surface area contributed by atoms with E-state index in [0.29, 0.717) is 18.0 Å². The minimum Gasteiger partial charge on any atom is -0.378 e. The van der Waals surface area contributed by atoms with Gasteiger partial charge in [-0.25, -0.2) is 0 Å². The van der Waals surface area contributed by atoms with Gasteiger partial charge in [-0.3, -0.25) is 14.7 Å². The molecular weight excluding hydrogens is 314 g/mol. The number of aliphatic hydroxyl groups excluding tert-OH is 1. The maximum absolute atomic E-state index is 12.6. The SMILES string of the molecule is CN(C[C@@H]1CCN(C)[C@H]1c1cccnc1)C(=O)[C@H](O)c1ccccc1. The summed E-state index contributed by atoms with van der Waals surface area (Å²) in [7, 11) is 3.88. The molecule has 25 heavy (non-hydrogen) atoms. The molecule has 1 aliphatic heterocycles. The molecule has 1 aliphatic rings. The zero-order chi connectivity index (χ0) is 17.8. The van der Waals surface area contributed by atoms with Gasteiger partial charge < -0.3 is 10.0 Å². The van der Waals surface area contributed by atoms with Crippen molar-refractivity contribution in [2.45, 2.75) is 18.6 Å². The number of hydrogen-bond donors (Lipinski definition) is 1. The lowest BCUT2D eigenvalue weighted by atomic mass is 9.94. The number of pyridine rings is 1. The van der Waals surface area contributed by atoms with E-state index < -0.39 is 6.10 Å². The van der Waals surface area contributed by atoms with Crippen LogP contribution in [0.1, 0.15) is 29.7 Å². The highest BCUT2D eigenvalue weighted by atomic mass is 16.3. The second-order valence-electron chi connectivity index (χ2n) is 6.79. The Morgan fingerprint density at radius 3 is 2.76 bits per heavy atom. The Balaban J connectivity index is 1.69. The van der Waals surface area contributed by atoms with E-state index in [1.54, 1.807) is 30.3 Å². The number of rotatable bonds is 5. The first kappa shape index (κ1) is 17.6. The molecule has 5 heteroatoms. The fourth-order valence-electron chi connectivity index (χ4n) is 3.72. The van der Waals surface area contributed by atoms with Crippen molar-refractivity contribution in [2.75, 3.05) is 27.2 Å². The van der Waals surface area contributed by atoms with Crippen molar-refractivity contribution in [2.24, 2.45) is 5.92 Å². The summed E-state index contributed by atoms with van der Waals surface area (Å²) in [4.78, 5) is 20.8. The number of likely N-dealkylation sites (N-methyl/N-ethyl adjacent to an activating group) is 1. The average Bonchev–Trinajstić information content (AvgIpc) is 3.02. The lowest BCUT2D eigenvalue weighted by Crippen LogP contribution is -2.37. The maximum Gasteiger partial charge on any atom is 0.255 e. The Morgan fingerprint density at radius 2 is 2.08 bits per heavy atom. The van der Waals surface area contributed by atoms with E-state index in [2.05, 4.69) is 23.0 Å². The summed E-state index contributed by atoms with van der Waals surface area (Å²) < 4.78 is 0. The number of aliphatic hydroxyl groups is 1. The molecule has 1 amide bonds. The summed E-state index contributed by atoms with van der Waals surface area (Å²) in [5.74, 6) is 0.0665. The molecule has 3 atom stereocenters. The summed E-state index contributed by atoms with van der Waals surface area (Å²) in [6.45, 7) is 1.61. The molecule has 1 aromatic carbocycles. The molecule has 0 radical (unpaired) electrons. The minimum atomic E-state index is -1.11. The van der Waals surface area contributed by atoms with Gasteiger partial charge in [-0.2, -0.15) is 0 Å². The molecule has 0 spiro atoms. The molecule has 5 nitrogen and oxygen atoms in total. The van der Waals surface area contributed by atoms with Gasteiger partial charge >= 0.3 is 0 Å². The average molecular weight is 339 g/mol. The molecule has 1 N–H and O–H groups in total. The van der Waals surface area contributed by atoms with Crippen LogP contribution in [0.4, 0.5) is 0 Å². The predicted octanol–water partition coefficient (Wildman–Crippen LogP) is 2.27. The molecule has 132 valence electrons. The standard InChI is InChI=1S/C20H25N3O2/c1-22-12-10-17(18(22)16-9-6-11-21-13-16)14-23(2)20(25)19(24)15-7-4-3-5-8-15/h3-9,11,13,17-19,24H,10,12,14H2,1-2H3/t17-,18-,19+/m0/s1. The quantitative estimate of drug-likeness (QED) is 0.908. The summed E-state index contributed by atoms with van der Waals surface area (Å²) in [5, 5.41) is 10.4. The lowest BCUT2D eigenvalue weighted by molar-refractivity contribution is -0.139. The topological polar surface area (TPSA) is 56.7 Å². The largest absolute Gasteiger partial charge is 0.378 e. The Bertz CT molecular complexity index is 693. The summed E-state index contributed by atoms with van der Waals surface area (Å²) in [5.41, 5.74) is 1.81. The van der Waals surface area contributed by atoms with Crippen LogP contribution in [0.15, 0.2) is 54.9 Å². The van der Waals surface area contributed by atoms with Gasteiger partial charge in [0.25, 0.3) is 5.91 Å². The molecule has 2 heterocycles. The molecule has 1 fully saturated rings. The van der Waals surface area contributed by atoms with Crippen LogP contribution in [0.25, 0.3) is 0 Å². The van der Waals surface area contributed by atoms with Crippen LogP contribution in [-0.4, -0.2) is 53.0 Å². The van der Waals surface area contributed by atoms with Gasteiger partial charge in [0, 0.05) is 32.0 Å². The van der Waals surface area contributed by atoms with Gasteiger partial charge in [-0.05, 0) is 43.1 Å². The van der Waals surface area contributed by atoms with Crippen molar-refractivity contribution in [3.05, 3.63) is 66.0 Å². The number of benzene rings is 1. The van der Waals surface area contributed by atoms with Crippen molar-refractivity contribution in [1.82, 2.24) is 14.8 Å². The first-order chi connectivity index (χ1) is 12.1. The second kappa shape index (κ2) is 7.76. The zero-order valence-corrected chi connectivity index (χ0v) is 14.7. The smallest absolute Gasteiger partial charge is 0.255 e. The number of carbonyl (C=O) groups excluding carboxylic acids is 1. The van der Waals surface area contributed by atoms with Crippen molar-refractivity contribution in [1.29, 1.82) is 0 Å². The Labute approximate surface area is 148 Å². The first-order valence-corrected chi connectivity index (χ1v) is 8.66. The second-order valence-corrected chi connectivity index (χ2v) is 6.79. The van der Waals surface area contributed by atoms with Gasteiger partial charge in [-0.1, -0.05) is 36.4 Å². The van der Waals surface area contributed by atoms with Crippen molar-refractivity contribution < 1.29 is 9.90 Å². The van der Waals surface area contributed by atoms with E-state index in [9.17, 15) is 9.90 Å². The zero-order valence-electron chi connectivity index (χ0n) is 14.7. The summed E-state index contributed by atoms with van der Waals surface area (Å²) in [6, 6.07) is 13.4. The van der Waals surface area contributed by atoms with E-state index in [-0.39, 0.29) is 11.9 Å². The van der Waals surface area contributed by atoms with E-state index in [1.807, 2.05) is 30.5 Å². The fraction of sp³-hybridized carbons (Fsp3) is 0.400. The van der Waals surface area contributed by atoms with Crippen LogP contribution >= 0.6 is 0 Å². The maximum atomic E-state index is 12.6.